The van der Waals surface area contributed by atoms with Crippen LogP contribution in [0.4, 0.5) is 0 Å². The summed E-state index contributed by atoms with van der Waals surface area (Å²) in [6.07, 6.45) is 5.63. The van der Waals surface area contributed by atoms with Crippen LogP contribution in [0.1, 0.15) is 40.0 Å². The Bertz CT molecular complexity index is 336. The van der Waals surface area contributed by atoms with Crippen LogP contribution < -0.4 is 5.32 Å². The van der Waals surface area contributed by atoms with E-state index in [1.54, 1.807) is 0 Å². The van der Waals surface area contributed by atoms with Gasteiger partial charge >= 0.3 is 5.97 Å². The fourth-order valence-corrected chi connectivity index (χ4v) is 2.49. The van der Waals surface area contributed by atoms with Crippen LogP contribution in [0.5, 0.6) is 0 Å². The van der Waals surface area contributed by atoms with Gasteiger partial charge in [-0.05, 0) is 32.1 Å². The molecule has 0 spiro atoms. The monoisotopic (exact) mass is 253 g/mol. The van der Waals surface area contributed by atoms with E-state index in [0.29, 0.717) is 18.8 Å². The average Bonchev–Trinajstić information content (AvgIpc) is 2.27. The molecule has 1 unspecified atom stereocenters. The number of aliphatic carboxylic acids is 1. The zero-order valence-electron chi connectivity index (χ0n) is 11.3. The maximum Gasteiger partial charge on any atom is 0.307 e. The molecule has 0 aliphatic heterocycles. The number of nitrogens with one attached hydrogen (secondary N) is 1. The first-order valence-corrected chi connectivity index (χ1v) is 6.60. The van der Waals surface area contributed by atoms with E-state index in [2.05, 4.69) is 19.2 Å². The van der Waals surface area contributed by atoms with E-state index >= 15 is 0 Å². The summed E-state index contributed by atoms with van der Waals surface area (Å²) in [7, 11) is 0. The quantitative estimate of drug-likeness (QED) is 0.738. The van der Waals surface area contributed by atoms with Gasteiger partial charge in [-0.1, -0.05) is 26.0 Å². The van der Waals surface area contributed by atoms with E-state index in [0.717, 1.165) is 6.42 Å². The molecule has 0 aromatic carbocycles. The fraction of sp³-hybridized carbons (Fsp3) is 0.714. The number of carboxylic acids is 1. The largest absolute Gasteiger partial charge is 0.481 e. The van der Waals surface area contributed by atoms with Crippen molar-refractivity contribution in [2.24, 2.45) is 17.8 Å². The lowest BCUT2D eigenvalue weighted by atomic mass is 9.82. The summed E-state index contributed by atoms with van der Waals surface area (Å²) in [5.41, 5.74) is 0. The molecule has 2 N–H and O–H groups in total. The predicted octanol–water partition coefficient (Wildman–Crippen LogP) is 2.20. The molecular weight excluding hydrogens is 230 g/mol. The minimum atomic E-state index is -0.879. The van der Waals surface area contributed by atoms with Gasteiger partial charge in [-0.25, -0.2) is 0 Å². The number of rotatable bonds is 5. The van der Waals surface area contributed by atoms with E-state index < -0.39 is 17.8 Å². The van der Waals surface area contributed by atoms with Crippen molar-refractivity contribution in [1.82, 2.24) is 5.32 Å². The molecule has 4 nitrogen and oxygen atoms in total. The number of amides is 1. The van der Waals surface area contributed by atoms with Gasteiger partial charge in [0.1, 0.15) is 0 Å². The van der Waals surface area contributed by atoms with Crippen LogP contribution in [0, 0.1) is 17.8 Å². The van der Waals surface area contributed by atoms with Gasteiger partial charge in [-0.3, -0.25) is 9.59 Å². The Morgan fingerprint density at radius 1 is 1.22 bits per heavy atom. The van der Waals surface area contributed by atoms with Crippen molar-refractivity contribution in [1.29, 1.82) is 0 Å². The van der Waals surface area contributed by atoms with Crippen LogP contribution in [0.25, 0.3) is 0 Å². The van der Waals surface area contributed by atoms with E-state index in [4.69, 9.17) is 5.11 Å². The molecule has 0 heterocycles. The van der Waals surface area contributed by atoms with Crippen LogP contribution >= 0.6 is 0 Å². The molecule has 18 heavy (non-hydrogen) atoms. The SMILES string of the molecule is CC(C)CC(C)NC(=O)[C@@H]1CC=CC[C@@H]1C(=O)O. The van der Waals surface area contributed by atoms with E-state index in [9.17, 15) is 9.59 Å². The first-order chi connectivity index (χ1) is 8.41. The Labute approximate surface area is 108 Å². The summed E-state index contributed by atoms with van der Waals surface area (Å²) >= 11 is 0. The topological polar surface area (TPSA) is 66.4 Å². The van der Waals surface area contributed by atoms with Gasteiger partial charge in [-0.2, -0.15) is 0 Å². The third-order valence-electron chi connectivity index (χ3n) is 3.30. The normalized spacial score (nSPS) is 24.9. The first kappa shape index (κ1) is 14.7. The van der Waals surface area contributed by atoms with Crippen molar-refractivity contribution in [2.75, 3.05) is 0 Å². The molecule has 102 valence electrons. The molecule has 1 aliphatic carbocycles. The van der Waals surface area contributed by atoms with Crippen molar-refractivity contribution < 1.29 is 14.7 Å². The fourth-order valence-electron chi connectivity index (χ4n) is 2.49. The van der Waals surface area contributed by atoms with Gasteiger partial charge < -0.3 is 10.4 Å². The van der Waals surface area contributed by atoms with E-state index in [1.807, 2.05) is 19.1 Å². The highest BCUT2D eigenvalue weighted by molar-refractivity contribution is 5.85. The number of hydrogen-bond acceptors (Lipinski definition) is 2. The second kappa shape index (κ2) is 6.57. The summed E-state index contributed by atoms with van der Waals surface area (Å²) < 4.78 is 0. The lowest BCUT2D eigenvalue weighted by Gasteiger charge is -2.26. The number of carbonyl (C=O) groups excluding carboxylic acids is 1. The standard InChI is InChI=1S/C14H23NO3/c1-9(2)8-10(3)15-13(16)11-6-4-5-7-12(11)14(17)18/h4-5,9-12H,6-8H2,1-3H3,(H,15,16)(H,17,18)/t10?,11-,12+/m1/s1. The van der Waals surface area contributed by atoms with Crippen LogP contribution in [-0.2, 0) is 9.59 Å². The van der Waals surface area contributed by atoms with Crippen molar-refractivity contribution in [2.45, 2.75) is 46.1 Å². The molecular formula is C14H23NO3. The van der Waals surface area contributed by atoms with Crippen molar-refractivity contribution >= 4 is 11.9 Å². The minimum absolute atomic E-state index is 0.0952. The van der Waals surface area contributed by atoms with Gasteiger partial charge in [0, 0.05) is 6.04 Å². The van der Waals surface area contributed by atoms with Crippen LogP contribution in [0.2, 0.25) is 0 Å². The lowest BCUT2D eigenvalue weighted by molar-refractivity contribution is -0.147. The zero-order valence-corrected chi connectivity index (χ0v) is 11.3. The van der Waals surface area contributed by atoms with Gasteiger partial charge in [0.05, 0.1) is 11.8 Å². The summed E-state index contributed by atoms with van der Waals surface area (Å²) in [4.78, 5) is 23.2. The number of carboxylic acid groups (broad SMARTS) is 1. The van der Waals surface area contributed by atoms with Crippen molar-refractivity contribution in [3.05, 3.63) is 12.2 Å². The summed E-state index contributed by atoms with van der Waals surface area (Å²) in [6.45, 7) is 6.17. The Hall–Kier alpha value is -1.32. The maximum atomic E-state index is 12.1. The number of hydrogen-bond donors (Lipinski definition) is 2. The Morgan fingerprint density at radius 3 is 2.28 bits per heavy atom. The van der Waals surface area contributed by atoms with Gasteiger partial charge in [0.15, 0.2) is 0 Å². The van der Waals surface area contributed by atoms with Gasteiger partial charge in [0.25, 0.3) is 0 Å². The highest BCUT2D eigenvalue weighted by Crippen LogP contribution is 2.26. The van der Waals surface area contributed by atoms with E-state index in [1.165, 1.54) is 0 Å². The second-order valence-corrected chi connectivity index (χ2v) is 5.53. The predicted molar refractivity (Wildman–Crippen MR) is 70.0 cm³/mol. The minimum Gasteiger partial charge on any atom is -0.481 e. The van der Waals surface area contributed by atoms with Gasteiger partial charge in [0.2, 0.25) is 5.91 Å². The van der Waals surface area contributed by atoms with Crippen LogP contribution in [-0.4, -0.2) is 23.0 Å². The molecule has 0 aromatic rings. The zero-order chi connectivity index (χ0) is 13.7. The Morgan fingerprint density at radius 2 is 1.78 bits per heavy atom. The highest BCUT2D eigenvalue weighted by Gasteiger charge is 2.34. The second-order valence-electron chi connectivity index (χ2n) is 5.53. The molecule has 0 fully saturated rings. The third-order valence-corrected chi connectivity index (χ3v) is 3.30. The molecule has 1 aliphatic rings. The average molecular weight is 253 g/mol. The maximum absolute atomic E-state index is 12.1. The van der Waals surface area contributed by atoms with E-state index in [-0.39, 0.29) is 11.9 Å². The smallest absolute Gasteiger partial charge is 0.307 e. The van der Waals surface area contributed by atoms with Crippen LogP contribution in [0.3, 0.4) is 0 Å². The molecule has 4 heteroatoms. The molecule has 0 radical (unpaired) electrons. The molecule has 1 amide bonds. The number of carbonyl (C=O) groups is 2. The molecule has 1 rings (SSSR count). The van der Waals surface area contributed by atoms with Crippen molar-refractivity contribution in [3.63, 3.8) is 0 Å². The van der Waals surface area contributed by atoms with Crippen LogP contribution in [0.15, 0.2) is 12.2 Å². The van der Waals surface area contributed by atoms with Crippen molar-refractivity contribution in [3.8, 4) is 0 Å². The molecule has 0 saturated heterocycles. The lowest BCUT2D eigenvalue weighted by Crippen LogP contribution is -2.42. The Kier molecular flexibility index (Phi) is 5.38. The number of allylic oxidation sites excluding steroid dienone is 2. The van der Waals surface area contributed by atoms with Gasteiger partial charge in [-0.15, -0.1) is 0 Å². The summed E-state index contributed by atoms with van der Waals surface area (Å²) in [5, 5.41) is 12.1. The molecule has 0 aromatic heterocycles. The molecule has 0 bridgehead atoms. The summed E-state index contributed by atoms with van der Waals surface area (Å²) in [5.74, 6) is -1.50. The Balaban J connectivity index is 2.59. The third kappa shape index (κ3) is 4.17. The highest BCUT2D eigenvalue weighted by atomic mass is 16.4. The summed E-state index contributed by atoms with van der Waals surface area (Å²) in [6, 6.07) is 0.0952. The molecule has 0 saturated carbocycles. The first-order valence-electron chi connectivity index (χ1n) is 6.60. The molecule has 3 atom stereocenters.